The molecule has 0 saturated carbocycles. The summed E-state index contributed by atoms with van der Waals surface area (Å²) in [6.45, 7) is 0.864. The zero-order chi connectivity index (χ0) is 18.3. The summed E-state index contributed by atoms with van der Waals surface area (Å²) in [5, 5.41) is 20.4. The van der Waals surface area contributed by atoms with Crippen LogP contribution in [0.1, 0.15) is 18.4 Å². The summed E-state index contributed by atoms with van der Waals surface area (Å²) >= 11 is 0. The van der Waals surface area contributed by atoms with Crippen LogP contribution < -0.4 is 4.90 Å². The molecular weight excluding hydrogens is 334 g/mol. The second kappa shape index (κ2) is 6.42. The molecule has 7 nitrogen and oxygen atoms in total. The van der Waals surface area contributed by atoms with Gasteiger partial charge in [-0.3, -0.25) is 24.7 Å². The van der Waals surface area contributed by atoms with Crippen molar-refractivity contribution in [3.8, 4) is 5.75 Å². The highest BCUT2D eigenvalue weighted by Gasteiger charge is 2.48. The number of aromatic hydroxyl groups is 1. The molecule has 0 unspecified atom stereocenters. The normalized spacial score (nSPS) is 22.6. The first kappa shape index (κ1) is 16.5. The van der Waals surface area contributed by atoms with Crippen molar-refractivity contribution in [3.05, 3.63) is 64.2 Å². The number of nitrogens with zero attached hydrogens (tertiary/aromatic N) is 3. The molecule has 0 aliphatic carbocycles. The fraction of sp³-hybridized carbons (Fsp3) is 0.316. The molecule has 2 heterocycles. The molecule has 4 rings (SSSR count). The largest absolute Gasteiger partial charge is 0.508 e. The summed E-state index contributed by atoms with van der Waals surface area (Å²) in [6.07, 6.45) is 2.35. The Balaban J connectivity index is 1.66. The zero-order valence-electron chi connectivity index (χ0n) is 14.1. The second-order valence-corrected chi connectivity index (χ2v) is 6.73. The summed E-state index contributed by atoms with van der Waals surface area (Å²) in [4.78, 5) is 27.4. The smallest absolute Gasteiger partial charge is 0.269 e. The summed E-state index contributed by atoms with van der Waals surface area (Å²) in [5.74, 6) is 0.266. The molecule has 0 radical (unpaired) electrons. The van der Waals surface area contributed by atoms with Gasteiger partial charge in [0.05, 0.1) is 17.1 Å². The van der Waals surface area contributed by atoms with Gasteiger partial charge in [0.25, 0.3) is 5.69 Å². The van der Waals surface area contributed by atoms with Crippen LogP contribution in [-0.4, -0.2) is 39.6 Å². The van der Waals surface area contributed by atoms with E-state index in [2.05, 4.69) is 4.90 Å². The third kappa shape index (κ3) is 2.80. The first-order valence-electron chi connectivity index (χ1n) is 8.66. The number of amides is 1. The lowest BCUT2D eigenvalue weighted by Crippen LogP contribution is -2.41. The number of phenolic OH excluding ortho intramolecular Hbond substituents is 1. The van der Waals surface area contributed by atoms with E-state index in [1.807, 2.05) is 12.1 Å². The van der Waals surface area contributed by atoms with Gasteiger partial charge in [0.15, 0.2) is 0 Å². The Kier molecular flexibility index (Phi) is 4.08. The second-order valence-electron chi connectivity index (χ2n) is 6.73. The number of carbonyl (C=O) groups is 1. The highest BCUT2D eigenvalue weighted by Crippen LogP contribution is 2.36. The van der Waals surface area contributed by atoms with E-state index in [1.54, 1.807) is 29.2 Å². The molecule has 2 aliphatic heterocycles. The van der Waals surface area contributed by atoms with E-state index in [1.165, 1.54) is 12.1 Å². The number of phenols is 1. The Morgan fingerprint density at radius 1 is 1.12 bits per heavy atom. The molecule has 0 aromatic heterocycles. The van der Waals surface area contributed by atoms with Gasteiger partial charge in [-0.2, -0.15) is 0 Å². The monoisotopic (exact) mass is 353 g/mol. The predicted molar refractivity (Wildman–Crippen MR) is 95.9 cm³/mol. The summed E-state index contributed by atoms with van der Waals surface area (Å²) in [6, 6.07) is 13.0. The van der Waals surface area contributed by atoms with Crippen LogP contribution in [0, 0.1) is 10.1 Å². The minimum Gasteiger partial charge on any atom is -0.508 e. The lowest BCUT2D eigenvalue weighted by molar-refractivity contribution is -0.384. The predicted octanol–water partition coefficient (Wildman–Crippen LogP) is 2.68. The van der Waals surface area contributed by atoms with Crippen molar-refractivity contribution in [1.29, 1.82) is 0 Å². The number of rotatable bonds is 4. The molecule has 2 aromatic carbocycles. The highest BCUT2D eigenvalue weighted by molar-refractivity contribution is 6.00. The van der Waals surface area contributed by atoms with E-state index in [4.69, 9.17) is 0 Å². The standard InChI is InChI=1S/C19H19N3O4/c23-16-9-3-13(4-10-16)12-18-20-11-1-2-17(20)19(24)21(18)14-5-7-15(8-6-14)22(25)26/h3-10,17-18,23H,1-2,11-12H2/t17-,18+/m0/s1. The Labute approximate surface area is 150 Å². The maximum atomic E-state index is 13.0. The molecule has 0 bridgehead atoms. The van der Waals surface area contributed by atoms with Gasteiger partial charge in [0.1, 0.15) is 5.75 Å². The number of non-ortho nitro benzene ring substituents is 1. The highest BCUT2D eigenvalue weighted by atomic mass is 16.6. The molecule has 0 spiro atoms. The van der Waals surface area contributed by atoms with E-state index in [-0.39, 0.29) is 29.6 Å². The van der Waals surface area contributed by atoms with E-state index in [0.717, 1.165) is 24.9 Å². The number of carbonyl (C=O) groups excluding carboxylic acids is 1. The average Bonchev–Trinajstić information content (AvgIpc) is 3.21. The van der Waals surface area contributed by atoms with Crippen molar-refractivity contribution in [2.75, 3.05) is 11.4 Å². The van der Waals surface area contributed by atoms with E-state index in [9.17, 15) is 20.0 Å². The summed E-state index contributed by atoms with van der Waals surface area (Å²) < 4.78 is 0. The van der Waals surface area contributed by atoms with E-state index < -0.39 is 4.92 Å². The molecule has 2 aliphatic rings. The molecule has 1 N–H and O–H groups in total. The van der Waals surface area contributed by atoms with Crippen molar-refractivity contribution < 1.29 is 14.8 Å². The fourth-order valence-corrected chi connectivity index (χ4v) is 3.95. The topological polar surface area (TPSA) is 86.9 Å². The van der Waals surface area contributed by atoms with Crippen LogP contribution in [0.3, 0.4) is 0 Å². The van der Waals surface area contributed by atoms with Gasteiger partial charge in [-0.05, 0) is 42.7 Å². The van der Waals surface area contributed by atoms with E-state index in [0.29, 0.717) is 12.1 Å². The van der Waals surface area contributed by atoms with E-state index >= 15 is 0 Å². The number of nitro groups is 1. The van der Waals surface area contributed by atoms with Gasteiger partial charge < -0.3 is 5.11 Å². The van der Waals surface area contributed by atoms with Crippen LogP contribution in [0.15, 0.2) is 48.5 Å². The Hall–Kier alpha value is -2.93. The summed E-state index contributed by atoms with van der Waals surface area (Å²) in [5.41, 5.74) is 1.72. The van der Waals surface area contributed by atoms with Crippen molar-refractivity contribution in [2.24, 2.45) is 0 Å². The lowest BCUT2D eigenvalue weighted by atomic mass is 10.1. The van der Waals surface area contributed by atoms with Gasteiger partial charge >= 0.3 is 0 Å². The maximum Gasteiger partial charge on any atom is 0.269 e. The minimum absolute atomic E-state index is 0.0102. The minimum atomic E-state index is -0.443. The molecule has 1 amide bonds. The van der Waals surface area contributed by atoms with Crippen molar-refractivity contribution in [2.45, 2.75) is 31.5 Å². The van der Waals surface area contributed by atoms with Crippen molar-refractivity contribution in [1.82, 2.24) is 4.90 Å². The van der Waals surface area contributed by atoms with Crippen LogP contribution in [-0.2, 0) is 11.2 Å². The fourth-order valence-electron chi connectivity index (χ4n) is 3.95. The molecule has 2 saturated heterocycles. The Morgan fingerprint density at radius 2 is 1.81 bits per heavy atom. The first-order chi connectivity index (χ1) is 12.5. The van der Waals surface area contributed by atoms with Gasteiger partial charge in [0, 0.05) is 30.8 Å². The van der Waals surface area contributed by atoms with Crippen molar-refractivity contribution >= 4 is 17.3 Å². The summed E-state index contributed by atoms with van der Waals surface area (Å²) in [7, 11) is 0. The number of fused-ring (bicyclic) bond motifs is 1. The van der Waals surface area contributed by atoms with Crippen LogP contribution in [0.2, 0.25) is 0 Å². The Morgan fingerprint density at radius 3 is 2.46 bits per heavy atom. The number of hydrogen-bond donors (Lipinski definition) is 1. The number of hydrogen-bond acceptors (Lipinski definition) is 5. The number of anilines is 1. The maximum absolute atomic E-state index is 13.0. The van der Waals surface area contributed by atoms with Crippen LogP contribution in [0.4, 0.5) is 11.4 Å². The molecule has 26 heavy (non-hydrogen) atoms. The van der Waals surface area contributed by atoms with Crippen LogP contribution in [0.25, 0.3) is 0 Å². The molecular formula is C19H19N3O4. The average molecular weight is 353 g/mol. The van der Waals surface area contributed by atoms with Gasteiger partial charge in [-0.25, -0.2) is 0 Å². The van der Waals surface area contributed by atoms with Crippen LogP contribution >= 0.6 is 0 Å². The van der Waals surface area contributed by atoms with Crippen LogP contribution in [0.5, 0.6) is 5.75 Å². The number of benzene rings is 2. The van der Waals surface area contributed by atoms with Gasteiger partial charge in [0.2, 0.25) is 5.91 Å². The molecule has 7 heteroatoms. The molecule has 134 valence electrons. The molecule has 2 aromatic rings. The van der Waals surface area contributed by atoms with Gasteiger partial charge in [-0.1, -0.05) is 12.1 Å². The Bertz CT molecular complexity index is 835. The molecule has 2 atom stereocenters. The SMILES string of the molecule is O=C1[C@@H]2CCCN2[C@@H](Cc2ccc(O)cc2)N1c1ccc([N+](=O)[O-])cc1. The van der Waals surface area contributed by atoms with Gasteiger partial charge in [-0.15, -0.1) is 0 Å². The first-order valence-corrected chi connectivity index (χ1v) is 8.66. The molecule has 2 fully saturated rings. The van der Waals surface area contributed by atoms with Crippen molar-refractivity contribution in [3.63, 3.8) is 0 Å². The third-order valence-electron chi connectivity index (χ3n) is 5.19. The lowest BCUT2D eigenvalue weighted by Gasteiger charge is -2.29. The quantitative estimate of drug-likeness (QED) is 0.674. The zero-order valence-corrected chi connectivity index (χ0v) is 14.1. The third-order valence-corrected chi connectivity index (χ3v) is 5.19. The number of nitro benzene ring substituents is 1.